The Morgan fingerprint density at radius 3 is 2.77 bits per heavy atom. The predicted octanol–water partition coefficient (Wildman–Crippen LogP) is 7.55. The molecule has 3 aliphatic heterocycles. The highest BCUT2D eigenvalue weighted by molar-refractivity contribution is 6.30. The zero-order valence-electron chi connectivity index (χ0n) is 29.2. The molecule has 0 bridgehead atoms. The standard InChI is InChI=1S/C40H38ClN7O4/c1-23-17-28(19-31-24(2)45-46-37(23)31)43-39(49)26-7-9-33-32(18-26)44-36(48(33)21-29-13-16-50-29)22-47-14-11-25(12-15-47)30-5-4-6-34-38(30)52-40(3,51-34)35-10-8-27(41)20-42-35/h4-11,17-20,29H,12-16,21-22H2,1-3H3,(H,43,49)(H,45,46)/t29?,40-/m0/s1. The number of aromatic nitrogens is 5. The van der Waals surface area contributed by atoms with Gasteiger partial charge in [-0.1, -0.05) is 29.8 Å². The maximum atomic E-state index is 13.5. The van der Waals surface area contributed by atoms with Crippen molar-refractivity contribution in [2.45, 2.75) is 58.6 Å². The number of rotatable bonds is 8. The summed E-state index contributed by atoms with van der Waals surface area (Å²) in [7, 11) is 0. The lowest BCUT2D eigenvalue weighted by Crippen LogP contribution is -2.33. The van der Waals surface area contributed by atoms with E-state index in [-0.39, 0.29) is 12.0 Å². The quantitative estimate of drug-likeness (QED) is 0.166. The predicted molar refractivity (Wildman–Crippen MR) is 200 cm³/mol. The van der Waals surface area contributed by atoms with Crippen molar-refractivity contribution in [3.05, 3.63) is 112 Å². The summed E-state index contributed by atoms with van der Waals surface area (Å²) >= 11 is 6.08. The first-order valence-electron chi connectivity index (χ1n) is 17.6. The molecule has 1 fully saturated rings. The molecule has 11 nitrogen and oxygen atoms in total. The molecule has 6 heterocycles. The Kier molecular flexibility index (Phi) is 8.02. The minimum Gasteiger partial charge on any atom is -0.443 e. The number of hydrogen-bond acceptors (Lipinski definition) is 8. The van der Waals surface area contributed by atoms with Crippen molar-refractivity contribution in [3.8, 4) is 11.5 Å². The molecule has 0 aliphatic carbocycles. The summed E-state index contributed by atoms with van der Waals surface area (Å²) in [6, 6.07) is 19.3. The van der Waals surface area contributed by atoms with Gasteiger partial charge in [-0.05, 0) is 86.4 Å². The number of nitrogens with one attached hydrogen (secondary N) is 2. The number of aryl methyl sites for hydroxylation is 2. The van der Waals surface area contributed by atoms with Gasteiger partial charge >= 0.3 is 0 Å². The van der Waals surface area contributed by atoms with Crippen LogP contribution in [0.3, 0.4) is 0 Å². The molecule has 52 heavy (non-hydrogen) atoms. The number of imidazole rings is 1. The van der Waals surface area contributed by atoms with Crippen LogP contribution in [0, 0.1) is 13.8 Å². The monoisotopic (exact) mass is 715 g/mol. The first-order chi connectivity index (χ1) is 25.2. The van der Waals surface area contributed by atoms with E-state index >= 15 is 0 Å². The summed E-state index contributed by atoms with van der Waals surface area (Å²) in [6.07, 6.45) is 5.90. The van der Waals surface area contributed by atoms with Crippen molar-refractivity contribution in [3.63, 3.8) is 0 Å². The number of pyridine rings is 1. The Morgan fingerprint density at radius 1 is 1.12 bits per heavy atom. The summed E-state index contributed by atoms with van der Waals surface area (Å²) in [5.74, 6) is 1.17. The molecular formula is C40H38ClN7O4. The second kappa shape index (κ2) is 12.8. The molecule has 1 amide bonds. The zero-order valence-corrected chi connectivity index (χ0v) is 30.0. The number of fused-ring (bicyclic) bond motifs is 3. The van der Waals surface area contributed by atoms with Crippen molar-refractivity contribution in [2.75, 3.05) is 25.0 Å². The average molecular weight is 716 g/mol. The van der Waals surface area contributed by atoms with Gasteiger partial charge in [-0.25, -0.2) is 4.98 Å². The molecule has 1 saturated heterocycles. The third-order valence-corrected chi connectivity index (χ3v) is 10.6. The number of H-pyrrole nitrogens is 1. The van der Waals surface area contributed by atoms with Gasteiger partial charge in [0, 0.05) is 55.0 Å². The Bertz CT molecular complexity index is 2400. The number of hydrogen-bond donors (Lipinski definition) is 2. The molecule has 3 aromatic carbocycles. The summed E-state index contributed by atoms with van der Waals surface area (Å²) in [5.41, 5.74) is 8.88. The fraction of sp³-hybridized carbons (Fsp3) is 0.300. The molecule has 3 aromatic heterocycles. The molecule has 9 rings (SSSR count). The van der Waals surface area contributed by atoms with Gasteiger partial charge in [0.05, 0.1) is 46.5 Å². The largest absolute Gasteiger partial charge is 0.443 e. The molecule has 0 spiro atoms. The van der Waals surface area contributed by atoms with E-state index in [1.807, 2.05) is 69.3 Å². The molecule has 0 saturated carbocycles. The Hall–Kier alpha value is -5.23. The van der Waals surface area contributed by atoms with Crippen LogP contribution in [-0.2, 0) is 23.6 Å². The second-order valence-electron chi connectivity index (χ2n) is 14.0. The highest BCUT2D eigenvalue weighted by Crippen LogP contribution is 2.48. The van der Waals surface area contributed by atoms with Crippen LogP contribution in [0.25, 0.3) is 27.5 Å². The van der Waals surface area contributed by atoms with E-state index in [9.17, 15) is 4.79 Å². The Balaban J connectivity index is 0.940. The molecule has 3 aliphatic rings. The van der Waals surface area contributed by atoms with Crippen LogP contribution in [0.4, 0.5) is 5.69 Å². The molecule has 1 unspecified atom stereocenters. The van der Waals surface area contributed by atoms with Crippen LogP contribution in [0.2, 0.25) is 5.02 Å². The highest BCUT2D eigenvalue weighted by Gasteiger charge is 2.41. The minimum absolute atomic E-state index is 0.160. The van der Waals surface area contributed by atoms with Gasteiger partial charge in [-0.3, -0.25) is 19.8 Å². The van der Waals surface area contributed by atoms with Crippen molar-refractivity contribution < 1.29 is 19.0 Å². The number of aromatic amines is 1. The van der Waals surface area contributed by atoms with Crippen LogP contribution >= 0.6 is 11.6 Å². The molecule has 0 radical (unpaired) electrons. The minimum atomic E-state index is -1.04. The fourth-order valence-electron chi connectivity index (χ4n) is 7.40. The summed E-state index contributed by atoms with van der Waals surface area (Å²) < 4.78 is 20.9. The van der Waals surface area contributed by atoms with E-state index in [2.05, 4.69) is 42.1 Å². The van der Waals surface area contributed by atoms with Crippen molar-refractivity contribution >= 4 is 50.7 Å². The number of amides is 1. The average Bonchev–Trinajstić information content (AvgIpc) is 3.79. The van der Waals surface area contributed by atoms with Crippen LogP contribution in [0.15, 0.2) is 72.9 Å². The molecular weight excluding hydrogens is 678 g/mol. The van der Waals surface area contributed by atoms with E-state index in [1.54, 1.807) is 12.3 Å². The maximum absolute atomic E-state index is 13.5. The number of para-hydroxylation sites is 1. The van der Waals surface area contributed by atoms with E-state index in [1.165, 1.54) is 5.57 Å². The van der Waals surface area contributed by atoms with Gasteiger partial charge < -0.3 is 24.1 Å². The third kappa shape index (κ3) is 5.88. The first kappa shape index (κ1) is 32.7. The van der Waals surface area contributed by atoms with Gasteiger partial charge in [-0.2, -0.15) is 5.10 Å². The first-order valence-corrected chi connectivity index (χ1v) is 18.0. The molecule has 6 aromatic rings. The Morgan fingerprint density at radius 2 is 2.00 bits per heavy atom. The van der Waals surface area contributed by atoms with Crippen LogP contribution < -0.4 is 14.8 Å². The van der Waals surface area contributed by atoms with Crippen LogP contribution in [-0.4, -0.2) is 61.3 Å². The summed E-state index contributed by atoms with van der Waals surface area (Å²) in [6.45, 7) is 9.63. The smallest absolute Gasteiger partial charge is 0.292 e. The van der Waals surface area contributed by atoms with Gasteiger partial charge in [0.25, 0.3) is 11.7 Å². The maximum Gasteiger partial charge on any atom is 0.292 e. The molecule has 264 valence electrons. The Labute approximate surface area is 305 Å². The summed E-state index contributed by atoms with van der Waals surface area (Å²) in [5, 5.41) is 12.0. The number of benzene rings is 3. The second-order valence-corrected chi connectivity index (χ2v) is 14.4. The van der Waals surface area contributed by atoms with Crippen molar-refractivity contribution in [1.29, 1.82) is 0 Å². The molecule has 2 N–H and O–H groups in total. The number of carbonyl (C=O) groups is 1. The number of ether oxygens (including phenoxy) is 3. The SMILES string of the molecule is Cc1n[nH]c2c(C)cc(NC(=O)c3ccc4c(c3)nc(CN3CC=C(c5cccc6c5O[C@@](C)(c5ccc(Cl)cn5)O6)CC3)n4CC3CCO3)cc12. The number of carbonyl (C=O) groups excluding carboxylic acids is 1. The highest BCUT2D eigenvalue weighted by atomic mass is 35.5. The summed E-state index contributed by atoms with van der Waals surface area (Å²) in [4.78, 5) is 25.4. The lowest BCUT2D eigenvalue weighted by molar-refractivity contribution is -0.0718. The lowest BCUT2D eigenvalue weighted by atomic mass is 9.98. The number of anilines is 1. The fourth-order valence-corrected chi connectivity index (χ4v) is 7.51. The van der Waals surface area contributed by atoms with Gasteiger partial charge in [-0.15, -0.1) is 0 Å². The van der Waals surface area contributed by atoms with Gasteiger partial charge in [0.15, 0.2) is 11.5 Å². The van der Waals surface area contributed by atoms with E-state index in [0.717, 1.165) is 95.1 Å². The van der Waals surface area contributed by atoms with Crippen LogP contribution in [0.5, 0.6) is 11.5 Å². The number of halogens is 1. The van der Waals surface area contributed by atoms with Crippen molar-refractivity contribution in [1.82, 2.24) is 29.6 Å². The lowest BCUT2D eigenvalue weighted by Gasteiger charge is -2.29. The molecule has 2 atom stereocenters. The third-order valence-electron chi connectivity index (χ3n) is 10.4. The zero-order chi connectivity index (χ0) is 35.6. The van der Waals surface area contributed by atoms with E-state index < -0.39 is 5.79 Å². The van der Waals surface area contributed by atoms with Crippen molar-refractivity contribution in [2.24, 2.45) is 0 Å². The molecule has 12 heteroatoms. The van der Waals surface area contributed by atoms with E-state index in [4.69, 9.17) is 30.8 Å². The van der Waals surface area contributed by atoms with E-state index in [0.29, 0.717) is 28.6 Å². The van der Waals surface area contributed by atoms with Crippen LogP contribution in [0.1, 0.15) is 58.5 Å². The van der Waals surface area contributed by atoms with Gasteiger partial charge in [0.1, 0.15) is 11.5 Å². The van der Waals surface area contributed by atoms with Gasteiger partial charge in [0.2, 0.25) is 0 Å². The number of nitrogens with zero attached hydrogens (tertiary/aromatic N) is 5. The topological polar surface area (TPSA) is 119 Å². The normalized spacial score (nSPS) is 19.9.